The van der Waals surface area contributed by atoms with E-state index in [0.717, 1.165) is 0 Å². The average Bonchev–Trinajstić information content (AvgIpc) is 2.28. The van der Waals surface area contributed by atoms with Crippen molar-refractivity contribution in [2.24, 2.45) is 5.41 Å². The van der Waals surface area contributed by atoms with Crippen LogP contribution in [0.3, 0.4) is 0 Å². The minimum atomic E-state index is -1.75. The predicted octanol–water partition coefficient (Wildman–Crippen LogP) is 1.05. The standard InChI is InChI=1S/C9H10O4/c10-7(11)9(8(12)13)5-3-1-2-4-6-9/h1-3,5H,4,6H2,(H,10,11)(H,12,13). The fourth-order valence-electron chi connectivity index (χ4n) is 1.24. The molecule has 0 aromatic rings. The summed E-state index contributed by atoms with van der Waals surface area (Å²) in [6.07, 6.45) is 6.67. The van der Waals surface area contributed by atoms with Gasteiger partial charge in [0.15, 0.2) is 5.41 Å². The SMILES string of the molecule is O=C(O)C1(C(=O)O)C=CC=CCC1. The molecule has 2 N–H and O–H groups in total. The molecule has 0 heterocycles. The Morgan fingerprint density at radius 3 is 2.31 bits per heavy atom. The first kappa shape index (κ1) is 9.51. The van der Waals surface area contributed by atoms with Gasteiger partial charge in [0.05, 0.1) is 0 Å². The van der Waals surface area contributed by atoms with E-state index in [0.29, 0.717) is 6.42 Å². The second-order valence-electron chi connectivity index (χ2n) is 2.91. The van der Waals surface area contributed by atoms with E-state index in [9.17, 15) is 9.59 Å². The van der Waals surface area contributed by atoms with Gasteiger partial charge < -0.3 is 10.2 Å². The quantitative estimate of drug-likeness (QED) is 0.626. The molecule has 1 rings (SSSR count). The molecule has 1 aliphatic rings. The highest BCUT2D eigenvalue weighted by Crippen LogP contribution is 2.28. The lowest BCUT2D eigenvalue weighted by Gasteiger charge is -2.18. The van der Waals surface area contributed by atoms with Gasteiger partial charge in [0, 0.05) is 0 Å². The maximum atomic E-state index is 10.8. The normalized spacial score (nSPS) is 19.4. The molecule has 0 saturated heterocycles. The zero-order valence-electron chi connectivity index (χ0n) is 6.93. The van der Waals surface area contributed by atoms with Crippen LogP contribution in [0.2, 0.25) is 0 Å². The van der Waals surface area contributed by atoms with Crippen molar-refractivity contribution in [3.8, 4) is 0 Å². The van der Waals surface area contributed by atoms with Crippen molar-refractivity contribution in [3.63, 3.8) is 0 Å². The van der Waals surface area contributed by atoms with Crippen molar-refractivity contribution < 1.29 is 19.8 Å². The van der Waals surface area contributed by atoms with Crippen LogP contribution in [0.4, 0.5) is 0 Å². The van der Waals surface area contributed by atoms with E-state index >= 15 is 0 Å². The second kappa shape index (κ2) is 3.43. The minimum Gasteiger partial charge on any atom is -0.480 e. The maximum Gasteiger partial charge on any atom is 0.325 e. The van der Waals surface area contributed by atoms with Gasteiger partial charge in [-0.2, -0.15) is 0 Å². The third kappa shape index (κ3) is 1.61. The zero-order chi connectivity index (χ0) is 9.90. The Morgan fingerprint density at radius 2 is 1.77 bits per heavy atom. The van der Waals surface area contributed by atoms with Crippen LogP contribution in [0.15, 0.2) is 24.3 Å². The minimum absolute atomic E-state index is 0.102. The Labute approximate surface area is 75.2 Å². The van der Waals surface area contributed by atoms with Crippen LogP contribution in [-0.4, -0.2) is 22.2 Å². The highest BCUT2D eigenvalue weighted by molar-refractivity contribution is 6.00. The molecule has 4 heteroatoms. The van der Waals surface area contributed by atoms with Gasteiger partial charge in [-0.3, -0.25) is 9.59 Å². The van der Waals surface area contributed by atoms with Gasteiger partial charge in [0.2, 0.25) is 0 Å². The lowest BCUT2D eigenvalue weighted by Crippen LogP contribution is -2.37. The number of rotatable bonds is 2. The van der Waals surface area contributed by atoms with Crippen molar-refractivity contribution in [2.75, 3.05) is 0 Å². The average molecular weight is 182 g/mol. The summed E-state index contributed by atoms with van der Waals surface area (Å²) in [4.78, 5) is 21.6. The Balaban J connectivity index is 3.04. The Bertz CT molecular complexity index is 274. The van der Waals surface area contributed by atoms with Crippen LogP contribution < -0.4 is 0 Å². The Kier molecular flexibility index (Phi) is 2.51. The maximum absolute atomic E-state index is 10.8. The van der Waals surface area contributed by atoms with Crippen LogP contribution in [-0.2, 0) is 9.59 Å². The third-order valence-electron chi connectivity index (χ3n) is 2.10. The highest BCUT2D eigenvalue weighted by Gasteiger charge is 2.43. The van der Waals surface area contributed by atoms with Crippen molar-refractivity contribution in [1.29, 1.82) is 0 Å². The molecule has 0 unspecified atom stereocenters. The van der Waals surface area contributed by atoms with E-state index in [2.05, 4.69) is 0 Å². The van der Waals surface area contributed by atoms with E-state index < -0.39 is 17.4 Å². The molecule has 0 aliphatic heterocycles. The summed E-state index contributed by atoms with van der Waals surface area (Å²) in [6, 6.07) is 0. The van der Waals surface area contributed by atoms with Crippen LogP contribution in [0.25, 0.3) is 0 Å². The second-order valence-corrected chi connectivity index (χ2v) is 2.91. The Hall–Kier alpha value is -1.58. The summed E-state index contributed by atoms with van der Waals surface area (Å²) in [7, 11) is 0. The molecule has 70 valence electrons. The molecule has 1 aliphatic carbocycles. The molecule has 0 aromatic heterocycles. The lowest BCUT2D eigenvalue weighted by molar-refractivity contribution is -0.161. The molecular formula is C9H10O4. The summed E-state index contributed by atoms with van der Waals surface area (Å²) in [6.45, 7) is 0. The van der Waals surface area contributed by atoms with Gasteiger partial charge in [-0.1, -0.05) is 24.3 Å². The van der Waals surface area contributed by atoms with Gasteiger partial charge >= 0.3 is 11.9 Å². The lowest BCUT2D eigenvalue weighted by atomic mass is 9.84. The van der Waals surface area contributed by atoms with Gasteiger partial charge in [-0.05, 0) is 12.8 Å². The first-order chi connectivity index (χ1) is 6.09. The first-order valence-corrected chi connectivity index (χ1v) is 3.91. The molecule has 0 amide bonds. The molecule has 13 heavy (non-hydrogen) atoms. The number of carboxylic acid groups (broad SMARTS) is 2. The number of carbonyl (C=O) groups is 2. The molecule has 0 aromatic carbocycles. The van der Waals surface area contributed by atoms with Crippen LogP contribution in [0.5, 0.6) is 0 Å². The van der Waals surface area contributed by atoms with Crippen LogP contribution in [0.1, 0.15) is 12.8 Å². The molecule has 0 atom stereocenters. The Morgan fingerprint density at radius 1 is 1.15 bits per heavy atom. The molecule has 0 bridgehead atoms. The fourth-order valence-corrected chi connectivity index (χ4v) is 1.24. The van der Waals surface area contributed by atoms with Crippen molar-refractivity contribution >= 4 is 11.9 Å². The van der Waals surface area contributed by atoms with E-state index in [4.69, 9.17) is 10.2 Å². The van der Waals surface area contributed by atoms with E-state index in [-0.39, 0.29) is 6.42 Å². The monoisotopic (exact) mass is 182 g/mol. The summed E-state index contributed by atoms with van der Waals surface area (Å²) in [5.74, 6) is -2.61. The van der Waals surface area contributed by atoms with Gasteiger partial charge in [0.25, 0.3) is 0 Å². The van der Waals surface area contributed by atoms with Crippen molar-refractivity contribution in [2.45, 2.75) is 12.8 Å². The summed E-state index contributed by atoms with van der Waals surface area (Å²) >= 11 is 0. The van der Waals surface area contributed by atoms with Crippen molar-refractivity contribution in [1.82, 2.24) is 0 Å². The summed E-state index contributed by atoms with van der Waals surface area (Å²) in [5, 5.41) is 17.6. The smallest absolute Gasteiger partial charge is 0.325 e. The largest absolute Gasteiger partial charge is 0.480 e. The first-order valence-electron chi connectivity index (χ1n) is 3.91. The third-order valence-corrected chi connectivity index (χ3v) is 2.10. The molecule has 4 nitrogen and oxygen atoms in total. The van der Waals surface area contributed by atoms with E-state index in [1.807, 2.05) is 0 Å². The fraction of sp³-hybridized carbons (Fsp3) is 0.333. The number of hydrogen-bond acceptors (Lipinski definition) is 2. The van der Waals surface area contributed by atoms with Gasteiger partial charge in [0.1, 0.15) is 0 Å². The van der Waals surface area contributed by atoms with Crippen LogP contribution >= 0.6 is 0 Å². The number of hydrogen-bond donors (Lipinski definition) is 2. The molecular weight excluding hydrogens is 172 g/mol. The molecule has 0 spiro atoms. The number of allylic oxidation sites excluding steroid dienone is 3. The van der Waals surface area contributed by atoms with Crippen molar-refractivity contribution in [3.05, 3.63) is 24.3 Å². The summed E-state index contributed by atoms with van der Waals surface area (Å²) in [5.41, 5.74) is -1.75. The van der Waals surface area contributed by atoms with Gasteiger partial charge in [-0.15, -0.1) is 0 Å². The van der Waals surface area contributed by atoms with Crippen LogP contribution in [0, 0.1) is 5.41 Å². The zero-order valence-corrected chi connectivity index (χ0v) is 6.93. The molecule has 0 saturated carbocycles. The van der Waals surface area contributed by atoms with E-state index in [1.165, 1.54) is 12.2 Å². The number of aliphatic carboxylic acids is 2. The molecule has 0 fully saturated rings. The number of carboxylic acids is 2. The molecule has 0 radical (unpaired) electrons. The van der Waals surface area contributed by atoms with E-state index in [1.54, 1.807) is 12.2 Å². The predicted molar refractivity (Wildman–Crippen MR) is 45.2 cm³/mol. The van der Waals surface area contributed by atoms with Gasteiger partial charge in [-0.25, -0.2) is 0 Å². The summed E-state index contributed by atoms with van der Waals surface area (Å²) < 4.78 is 0. The topological polar surface area (TPSA) is 74.6 Å². The highest BCUT2D eigenvalue weighted by atomic mass is 16.4.